The van der Waals surface area contributed by atoms with Crippen molar-refractivity contribution in [3.63, 3.8) is 0 Å². The van der Waals surface area contributed by atoms with Crippen molar-refractivity contribution >= 4 is 11.6 Å². The van der Waals surface area contributed by atoms with Crippen molar-refractivity contribution in [3.8, 4) is 5.75 Å². The molecule has 0 saturated heterocycles. The van der Waals surface area contributed by atoms with Gasteiger partial charge in [-0.2, -0.15) is 0 Å². The molecule has 0 aliphatic carbocycles. The van der Waals surface area contributed by atoms with Crippen molar-refractivity contribution in [3.05, 3.63) is 63.7 Å². The molecule has 0 aliphatic heterocycles. The zero-order chi connectivity index (χ0) is 14.7. The molecule has 2 aromatic rings. The second-order valence-electron chi connectivity index (χ2n) is 4.95. The van der Waals surface area contributed by atoms with E-state index in [4.69, 9.17) is 16.3 Å². The highest BCUT2D eigenvalue weighted by Gasteiger charge is 2.15. The Kier molecular flexibility index (Phi) is 4.69. The Balaban J connectivity index is 2.43. The maximum absolute atomic E-state index is 6.24. The van der Waals surface area contributed by atoms with Crippen molar-refractivity contribution < 1.29 is 4.74 Å². The van der Waals surface area contributed by atoms with Gasteiger partial charge < -0.3 is 10.1 Å². The summed E-state index contributed by atoms with van der Waals surface area (Å²) in [7, 11) is 3.64. The maximum atomic E-state index is 6.24. The SMILES string of the molecule is CNC(c1ccc(C)c(Cl)c1)c1ccc(OC)cc1C. The highest BCUT2D eigenvalue weighted by atomic mass is 35.5. The summed E-state index contributed by atoms with van der Waals surface area (Å²) in [5, 5.41) is 4.16. The lowest BCUT2D eigenvalue weighted by atomic mass is 9.94. The highest BCUT2D eigenvalue weighted by Crippen LogP contribution is 2.29. The van der Waals surface area contributed by atoms with Gasteiger partial charge in [0, 0.05) is 5.02 Å². The third kappa shape index (κ3) is 2.97. The van der Waals surface area contributed by atoms with E-state index in [1.807, 2.05) is 26.1 Å². The minimum atomic E-state index is 0.124. The molecule has 0 saturated carbocycles. The van der Waals surface area contributed by atoms with Gasteiger partial charge in [0.1, 0.15) is 5.75 Å². The van der Waals surface area contributed by atoms with Crippen LogP contribution in [-0.2, 0) is 0 Å². The molecule has 0 amide bonds. The number of nitrogens with one attached hydrogen (secondary N) is 1. The molecule has 0 fully saturated rings. The zero-order valence-corrected chi connectivity index (χ0v) is 13.1. The predicted molar refractivity (Wildman–Crippen MR) is 84.8 cm³/mol. The van der Waals surface area contributed by atoms with Crippen molar-refractivity contribution in [1.29, 1.82) is 0 Å². The third-order valence-corrected chi connectivity index (χ3v) is 4.01. The first-order valence-corrected chi connectivity index (χ1v) is 7.02. The van der Waals surface area contributed by atoms with E-state index < -0.39 is 0 Å². The Bertz CT molecular complexity index is 610. The van der Waals surface area contributed by atoms with Crippen LogP contribution in [0.1, 0.15) is 28.3 Å². The van der Waals surface area contributed by atoms with Gasteiger partial charge in [-0.15, -0.1) is 0 Å². The molecular weight excluding hydrogens is 270 g/mol. The van der Waals surface area contributed by atoms with Crippen molar-refractivity contribution in [1.82, 2.24) is 5.32 Å². The fourth-order valence-electron chi connectivity index (χ4n) is 2.39. The number of halogens is 1. The molecule has 0 spiro atoms. The zero-order valence-electron chi connectivity index (χ0n) is 12.3. The number of methoxy groups -OCH3 is 1. The highest BCUT2D eigenvalue weighted by molar-refractivity contribution is 6.31. The van der Waals surface area contributed by atoms with E-state index in [2.05, 4.69) is 36.5 Å². The number of rotatable bonds is 4. The van der Waals surface area contributed by atoms with E-state index in [-0.39, 0.29) is 6.04 Å². The molecular formula is C17H20ClNO. The van der Waals surface area contributed by atoms with Crippen LogP contribution in [0.15, 0.2) is 36.4 Å². The predicted octanol–water partition coefficient (Wildman–Crippen LogP) is 4.27. The molecule has 3 heteroatoms. The van der Waals surface area contributed by atoms with Crippen LogP contribution in [-0.4, -0.2) is 14.2 Å². The maximum Gasteiger partial charge on any atom is 0.119 e. The minimum Gasteiger partial charge on any atom is -0.497 e. The number of aryl methyl sites for hydroxylation is 2. The van der Waals surface area contributed by atoms with Crippen LogP contribution in [0.25, 0.3) is 0 Å². The van der Waals surface area contributed by atoms with Gasteiger partial charge in [-0.25, -0.2) is 0 Å². The van der Waals surface area contributed by atoms with E-state index >= 15 is 0 Å². The quantitative estimate of drug-likeness (QED) is 0.907. The van der Waals surface area contributed by atoms with Crippen LogP contribution in [0.2, 0.25) is 5.02 Å². The number of ether oxygens (including phenoxy) is 1. The van der Waals surface area contributed by atoms with Crippen LogP contribution in [0.3, 0.4) is 0 Å². The second-order valence-corrected chi connectivity index (χ2v) is 5.36. The molecule has 0 radical (unpaired) electrons. The molecule has 1 atom stereocenters. The molecule has 0 heterocycles. The van der Waals surface area contributed by atoms with E-state index in [0.717, 1.165) is 21.9 Å². The van der Waals surface area contributed by atoms with Crippen LogP contribution < -0.4 is 10.1 Å². The average Bonchev–Trinajstić information content (AvgIpc) is 2.45. The van der Waals surface area contributed by atoms with E-state index in [0.29, 0.717) is 0 Å². The van der Waals surface area contributed by atoms with Crippen molar-refractivity contribution in [2.75, 3.05) is 14.2 Å². The summed E-state index contributed by atoms with van der Waals surface area (Å²) < 4.78 is 5.26. The van der Waals surface area contributed by atoms with Gasteiger partial charge in [0.05, 0.1) is 13.2 Å². The smallest absolute Gasteiger partial charge is 0.119 e. The van der Waals surface area contributed by atoms with Gasteiger partial charge in [-0.1, -0.05) is 29.8 Å². The van der Waals surface area contributed by atoms with Gasteiger partial charge in [0.25, 0.3) is 0 Å². The van der Waals surface area contributed by atoms with E-state index in [1.54, 1.807) is 7.11 Å². The van der Waals surface area contributed by atoms with Crippen LogP contribution >= 0.6 is 11.6 Å². The first-order valence-electron chi connectivity index (χ1n) is 6.64. The summed E-state index contributed by atoms with van der Waals surface area (Å²) in [6.07, 6.45) is 0. The number of hydrogen-bond acceptors (Lipinski definition) is 2. The Morgan fingerprint density at radius 2 is 1.80 bits per heavy atom. The Hall–Kier alpha value is -1.51. The summed E-state index contributed by atoms with van der Waals surface area (Å²) >= 11 is 6.24. The molecule has 2 nitrogen and oxygen atoms in total. The summed E-state index contributed by atoms with van der Waals surface area (Å²) in [6, 6.07) is 12.5. The normalized spacial score (nSPS) is 12.2. The third-order valence-electron chi connectivity index (χ3n) is 3.61. The lowest BCUT2D eigenvalue weighted by Crippen LogP contribution is -2.18. The Morgan fingerprint density at radius 1 is 1.05 bits per heavy atom. The van der Waals surface area contributed by atoms with Gasteiger partial charge in [-0.3, -0.25) is 0 Å². The molecule has 0 bridgehead atoms. The molecule has 0 aromatic heterocycles. The fourth-order valence-corrected chi connectivity index (χ4v) is 2.58. The first-order chi connectivity index (χ1) is 9.56. The van der Waals surface area contributed by atoms with Crippen LogP contribution in [0.5, 0.6) is 5.75 Å². The molecule has 0 aliphatic rings. The van der Waals surface area contributed by atoms with Crippen molar-refractivity contribution in [2.24, 2.45) is 0 Å². The average molecular weight is 290 g/mol. The lowest BCUT2D eigenvalue weighted by Gasteiger charge is -2.20. The monoisotopic (exact) mass is 289 g/mol. The van der Waals surface area contributed by atoms with Gasteiger partial charge >= 0.3 is 0 Å². The summed E-state index contributed by atoms with van der Waals surface area (Å²) in [4.78, 5) is 0. The minimum absolute atomic E-state index is 0.124. The largest absolute Gasteiger partial charge is 0.497 e. The molecule has 2 rings (SSSR count). The molecule has 20 heavy (non-hydrogen) atoms. The Labute approximate surface area is 125 Å². The van der Waals surface area contributed by atoms with Gasteiger partial charge in [-0.05, 0) is 61.3 Å². The van der Waals surface area contributed by atoms with E-state index in [9.17, 15) is 0 Å². The van der Waals surface area contributed by atoms with E-state index in [1.165, 1.54) is 11.1 Å². The second kappa shape index (κ2) is 6.29. The van der Waals surface area contributed by atoms with Crippen LogP contribution in [0, 0.1) is 13.8 Å². The van der Waals surface area contributed by atoms with Gasteiger partial charge in [0.15, 0.2) is 0 Å². The Morgan fingerprint density at radius 3 is 2.35 bits per heavy atom. The van der Waals surface area contributed by atoms with Crippen LogP contribution in [0.4, 0.5) is 0 Å². The topological polar surface area (TPSA) is 21.3 Å². The first kappa shape index (κ1) is 14.9. The standard InChI is InChI=1S/C17H20ClNO/c1-11-5-6-13(10-16(11)18)17(19-3)15-8-7-14(20-4)9-12(15)2/h5-10,17,19H,1-4H3. The fraction of sp³-hybridized carbons (Fsp3) is 0.294. The van der Waals surface area contributed by atoms with Gasteiger partial charge in [0.2, 0.25) is 0 Å². The number of benzene rings is 2. The summed E-state index contributed by atoms with van der Waals surface area (Å²) in [6.45, 7) is 4.11. The molecule has 106 valence electrons. The molecule has 1 N–H and O–H groups in total. The lowest BCUT2D eigenvalue weighted by molar-refractivity contribution is 0.414. The molecule has 1 unspecified atom stereocenters. The summed E-state index contributed by atoms with van der Waals surface area (Å²) in [5.41, 5.74) is 4.68. The number of hydrogen-bond donors (Lipinski definition) is 1. The summed E-state index contributed by atoms with van der Waals surface area (Å²) in [5.74, 6) is 0.878. The molecule has 2 aromatic carbocycles. The van der Waals surface area contributed by atoms with Crippen molar-refractivity contribution in [2.45, 2.75) is 19.9 Å².